The second-order valence-corrected chi connectivity index (χ2v) is 3.28. The van der Waals surface area contributed by atoms with Gasteiger partial charge in [0.2, 0.25) is 0 Å². The Morgan fingerprint density at radius 2 is 2.31 bits per heavy atom. The molecule has 1 aromatic rings. The van der Waals surface area contributed by atoms with Gasteiger partial charge in [-0.3, -0.25) is 0 Å². The highest BCUT2D eigenvalue weighted by molar-refractivity contribution is 5.45. The molecule has 0 heterocycles. The zero-order valence-electron chi connectivity index (χ0n) is 9.36. The van der Waals surface area contributed by atoms with Crippen molar-refractivity contribution in [2.24, 2.45) is 0 Å². The second-order valence-electron chi connectivity index (χ2n) is 3.28. The van der Waals surface area contributed by atoms with Crippen molar-refractivity contribution in [1.29, 1.82) is 5.26 Å². The number of nitriles is 1. The first kappa shape index (κ1) is 12.3. The normalized spacial score (nSPS) is 9.75. The number of benzene rings is 1. The molecule has 0 saturated heterocycles. The minimum atomic E-state index is 0.175. The Balaban J connectivity index is 2.59. The van der Waals surface area contributed by atoms with Crippen LogP contribution in [-0.2, 0) is 6.54 Å². The van der Waals surface area contributed by atoms with Gasteiger partial charge in [0.25, 0.3) is 0 Å². The maximum Gasteiger partial charge on any atom is 0.162 e. The first-order valence-corrected chi connectivity index (χ1v) is 5.31. The molecule has 0 bridgehead atoms. The fraction of sp³-hybridized carbons (Fsp3) is 0.417. The summed E-state index contributed by atoms with van der Waals surface area (Å²) < 4.78 is 5.27. The molecule has 4 nitrogen and oxygen atoms in total. The largest absolute Gasteiger partial charge is 0.504 e. The fourth-order valence-electron chi connectivity index (χ4n) is 1.35. The maximum absolute atomic E-state index is 9.85. The Kier molecular flexibility index (Phi) is 5.17. The molecule has 16 heavy (non-hydrogen) atoms. The average molecular weight is 220 g/mol. The van der Waals surface area contributed by atoms with Gasteiger partial charge in [-0.05, 0) is 13.0 Å². The number of para-hydroxylation sites is 1. The number of rotatable bonds is 6. The van der Waals surface area contributed by atoms with E-state index in [2.05, 4.69) is 11.4 Å². The predicted molar refractivity (Wildman–Crippen MR) is 61.2 cm³/mol. The number of phenolic OH excluding ortho intramolecular Hbond substituents is 1. The van der Waals surface area contributed by atoms with Crippen molar-refractivity contribution in [1.82, 2.24) is 5.32 Å². The summed E-state index contributed by atoms with van der Waals surface area (Å²) in [6.45, 7) is 3.55. The first-order chi connectivity index (χ1) is 7.79. The van der Waals surface area contributed by atoms with Crippen LogP contribution in [-0.4, -0.2) is 18.3 Å². The summed E-state index contributed by atoms with van der Waals surface area (Å²) in [4.78, 5) is 0. The number of aromatic hydroxyl groups is 1. The van der Waals surface area contributed by atoms with Gasteiger partial charge in [-0.1, -0.05) is 12.1 Å². The molecular weight excluding hydrogens is 204 g/mol. The molecule has 0 aliphatic heterocycles. The van der Waals surface area contributed by atoms with Crippen LogP contribution in [0.3, 0.4) is 0 Å². The molecule has 0 aromatic heterocycles. The van der Waals surface area contributed by atoms with Crippen LogP contribution in [0.2, 0.25) is 0 Å². The Morgan fingerprint density at radius 3 is 3.00 bits per heavy atom. The van der Waals surface area contributed by atoms with E-state index in [0.29, 0.717) is 31.9 Å². The van der Waals surface area contributed by atoms with Crippen LogP contribution in [0.25, 0.3) is 0 Å². The molecule has 0 atom stereocenters. The highest BCUT2D eigenvalue weighted by atomic mass is 16.5. The summed E-state index contributed by atoms with van der Waals surface area (Å²) in [5, 5.41) is 21.3. The Morgan fingerprint density at radius 1 is 1.50 bits per heavy atom. The van der Waals surface area contributed by atoms with E-state index in [1.54, 1.807) is 6.07 Å². The minimum Gasteiger partial charge on any atom is -0.504 e. The zero-order valence-corrected chi connectivity index (χ0v) is 9.36. The van der Waals surface area contributed by atoms with Crippen molar-refractivity contribution in [3.8, 4) is 17.6 Å². The summed E-state index contributed by atoms with van der Waals surface area (Å²) >= 11 is 0. The van der Waals surface area contributed by atoms with Gasteiger partial charge < -0.3 is 15.2 Å². The summed E-state index contributed by atoms with van der Waals surface area (Å²) in [6, 6.07) is 7.45. The standard InChI is InChI=1S/C12H16N2O2/c1-2-16-11-6-3-5-10(12(11)15)9-14-8-4-7-13/h3,5-6,14-15H,2,4,8-9H2,1H3. The molecule has 86 valence electrons. The molecule has 0 radical (unpaired) electrons. The molecule has 0 fully saturated rings. The average Bonchev–Trinajstić information content (AvgIpc) is 2.29. The summed E-state index contributed by atoms with van der Waals surface area (Å²) in [6.07, 6.45) is 0.464. The Bertz CT molecular complexity index is 372. The molecule has 0 aliphatic rings. The second kappa shape index (κ2) is 6.70. The first-order valence-electron chi connectivity index (χ1n) is 5.31. The molecule has 1 rings (SSSR count). The highest BCUT2D eigenvalue weighted by Crippen LogP contribution is 2.29. The third-order valence-electron chi connectivity index (χ3n) is 2.11. The van der Waals surface area contributed by atoms with Crippen molar-refractivity contribution >= 4 is 0 Å². The molecule has 0 amide bonds. The van der Waals surface area contributed by atoms with Crippen LogP contribution in [0.4, 0.5) is 0 Å². The molecule has 4 heteroatoms. The number of phenols is 1. The van der Waals surface area contributed by atoms with Gasteiger partial charge in [0.05, 0.1) is 12.7 Å². The number of nitrogens with zero attached hydrogens (tertiary/aromatic N) is 1. The van der Waals surface area contributed by atoms with Gasteiger partial charge in [0, 0.05) is 25.1 Å². The van der Waals surface area contributed by atoms with Gasteiger partial charge >= 0.3 is 0 Å². The summed E-state index contributed by atoms with van der Waals surface area (Å²) in [7, 11) is 0. The number of ether oxygens (including phenoxy) is 1. The van der Waals surface area contributed by atoms with E-state index in [1.165, 1.54) is 0 Å². The lowest BCUT2D eigenvalue weighted by Gasteiger charge is -2.10. The summed E-state index contributed by atoms with van der Waals surface area (Å²) in [5.74, 6) is 0.677. The lowest BCUT2D eigenvalue weighted by atomic mass is 10.2. The van der Waals surface area contributed by atoms with E-state index in [-0.39, 0.29) is 5.75 Å². The quantitative estimate of drug-likeness (QED) is 0.717. The van der Waals surface area contributed by atoms with Gasteiger partial charge in [0.15, 0.2) is 11.5 Å². The van der Waals surface area contributed by atoms with Crippen LogP contribution in [0.5, 0.6) is 11.5 Å². The van der Waals surface area contributed by atoms with Crippen LogP contribution in [0.1, 0.15) is 18.9 Å². The van der Waals surface area contributed by atoms with Crippen molar-refractivity contribution < 1.29 is 9.84 Å². The summed E-state index contributed by atoms with van der Waals surface area (Å²) in [5.41, 5.74) is 0.781. The van der Waals surface area contributed by atoms with Gasteiger partial charge in [0.1, 0.15) is 0 Å². The van der Waals surface area contributed by atoms with Crippen LogP contribution < -0.4 is 10.1 Å². The van der Waals surface area contributed by atoms with Crippen LogP contribution in [0, 0.1) is 11.3 Å². The molecule has 0 unspecified atom stereocenters. The predicted octanol–water partition coefficient (Wildman–Crippen LogP) is 1.79. The van der Waals surface area contributed by atoms with E-state index in [0.717, 1.165) is 5.56 Å². The maximum atomic E-state index is 9.85. The van der Waals surface area contributed by atoms with E-state index in [4.69, 9.17) is 10.00 Å². The number of nitrogens with one attached hydrogen (secondary N) is 1. The zero-order chi connectivity index (χ0) is 11.8. The minimum absolute atomic E-state index is 0.175. The Labute approximate surface area is 95.5 Å². The van der Waals surface area contributed by atoms with Gasteiger partial charge in [-0.15, -0.1) is 0 Å². The monoisotopic (exact) mass is 220 g/mol. The van der Waals surface area contributed by atoms with E-state index >= 15 is 0 Å². The molecular formula is C12H16N2O2. The molecule has 0 spiro atoms. The van der Waals surface area contributed by atoms with Crippen LogP contribution in [0.15, 0.2) is 18.2 Å². The lowest BCUT2D eigenvalue weighted by Crippen LogP contribution is -2.14. The third kappa shape index (κ3) is 3.44. The van der Waals surface area contributed by atoms with Crippen LogP contribution >= 0.6 is 0 Å². The van der Waals surface area contributed by atoms with Crippen molar-refractivity contribution in [3.63, 3.8) is 0 Å². The molecule has 0 aliphatic carbocycles. The number of hydrogen-bond acceptors (Lipinski definition) is 4. The lowest BCUT2D eigenvalue weighted by molar-refractivity contribution is 0.316. The van der Waals surface area contributed by atoms with E-state index < -0.39 is 0 Å². The Hall–Kier alpha value is -1.73. The highest BCUT2D eigenvalue weighted by Gasteiger charge is 2.06. The van der Waals surface area contributed by atoms with Crippen molar-refractivity contribution in [3.05, 3.63) is 23.8 Å². The molecule has 1 aromatic carbocycles. The van der Waals surface area contributed by atoms with E-state index in [1.807, 2.05) is 19.1 Å². The third-order valence-corrected chi connectivity index (χ3v) is 2.11. The molecule has 0 saturated carbocycles. The smallest absolute Gasteiger partial charge is 0.162 e. The SMILES string of the molecule is CCOc1cccc(CNCCC#N)c1O. The van der Waals surface area contributed by atoms with Gasteiger partial charge in [-0.2, -0.15) is 5.26 Å². The number of hydrogen-bond donors (Lipinski definition) is 2. The van der Waals surface area contributed by atoms with Crippen molar-refractivity contribution in [2.45, 2.75) is 19.9 Å². The van der Waals surface area contributed by atoms with E-state index in [9.17, 15) is 5.11 Å². The fourth-order valence-corrected chi connectivity index (χ4v) is 1.35. The van der Waals surface area contributed by atoms with Gasteiger partial charge in [-0.25, -0.2) is 0 Å². The topological polar surface area (TPSA) is 65.3 Å². The molecule has 2 N–H and O–H groups in total. The van der Waals surface area contributed by atoms with Crippen molar-refractivity contribution in [2.75, 3.05) is 13.2 Å².